The summed E-state index contributed by atoms with van der Waals surface area (Å²) in [6.07, 6.45) is 3.98. The van der Waals surface area contributed by atoms with E-state index in [1.807, 2.05) is 0 Å². The van der Waals surface area contributed by atoms with E-state index in [0.29, 0.717) is 12.2 Å². The Hall–Kier alpha value is 0.630. The van der Waals surface area contributed by atoms with Gasteiger partial charge in [0.15, 0.2) is 0 Å². The maximum Gasteiger partial charge on any atom is 0.141 e. The van der Waals surface area contributed by atoms with E-state index in [2.05, 4.69) is 52.6 Å². The fraction of sp³-hybridized carbons (Fsp3) is 0.909. The molecule has 0 aromatic heterocycles. The number of Topliss-reactive ketones (excluding diaryl/α,β-unsaturated/α-hetero) is 1. The first-order chi connectivity index (χ1) is 6.28. The topological polar surface area (TPSA) is 17.1 Å². The summed E-state index contributed by atoms with van der Waals surface area (Å²) in [6, 6.07) is 0. The molecule has 0 bridgehead atoms. The first-order valence-electron chi connectivity index (χ1n) is 5.09. The average molecular weight is 326 g/mol. The highest BCUT2D eigenvalue weighted by Gasteiger charge is 2.42. The Labute approximate surface area is 103 Å². The summed E-state index contributed by atoms with van der Waals surface area (Å²) in [5.41, 5.74) is -0.0441. The van der Waals surface area contributed by atoms with Crippen molar-refractivity contribution in [2.24, 2.45) is 10.8 Å². The highest BCUT2D eigenvalue weighted by Crippen LogP contribution is 2.45. The molecule has 0 saturated heterocycles. The molecule has 0 aromatic rings. The van der Waals surface area contributed by atoms with Crippen LogP contribution in [0.3, 0.4) is 0 Å². The first kappa shape index (κ1) is 12.7. The van der Waals surface area contributed by atoms with Crippen LogP contribution in [0.4, 0.5) is 0 Å². The predicted octanol–water partition coefficient (Wildman–Crippen LogP) is 4.28. The van der Waals surface area contributed by atoms with Crippen LogP contribution in [0.2, 0.25) is 0 Å². The second-order valence-electron chi connectivity index (χ2n) is 5.34. The molecule has 0 heterocycles. The third-order valence-corrected chi connectivity index (χ3v) is 5.33. The Kier molecular flexibility index (Phi) is 3.85. The van der Waals surface area contributed by atoms with Crippen LogP contribution in [-0.2, 0) is 4.79 Å². The highest BCUT2D eigenvalue weighted by molar-refractivity contribution is 9.24. The molecule has 0 amide bonds. The van der Waals surface area contributed by atoms with E-state index in [1.54, 1.807) is 0 Å². The highest BCUT2D eigenvalue weighted by atomic mass is 79.9. The van der Waals surface area contributed by atoms with Crippen LogP contribution in [0.25, 0.3) is 0 Å². The van der Waals surface area contributed by atoms with Crippen molar-refractivity contribution in [2.45, 2.75) is 50.2 Å². The Morgan fingerprint density at radius 1 is 1.21 bits per heavy atom. The molecule has 0 aromatic carbocycles. The molecule has 0 N–H and O–H groups in total. The smallest absolute Gasteiger partial charge is 0.141 e. The van der Waals surface area contributed by atoms with Crippen LogP contribution >= 0.6 is 31.9 Å². The summed E-state index contributed by atoms with van der Waals surface area (Å²) in [7, 11) is 0. The number of hydrogen-bond acceptors (Lipinski definition) is 1. The number of halogens is 2. The van der Waals surface area contributed by atoms with Crippen molar-refractivity contribution < 1.29 is 4.79 Å². The van der Waals surface area contributed by atoms with Gasteiger partial charge in [-0.1, -0.05) is 59.1 Å². The molecule has 0 radical (unpaired) electrons. The molecule has 1 unspecified atom stereocenters. The number of carbonyl (C=O) groups is 1. The molecule has 0 aliphatic heterocycles. The first-order valence-corrected chi connectivity index (χ1v) is 6.92. The summed E-state index contributed by atoms with van der Waals surface area (Å²) < 4.78 is 0.101. The largest absolute Gasteiger partial charge is 0.299 e. The lowest BCUT2D eigenvalue weighted by Gasteiger charge is -2.29. The van der Waals surface area contributed by atoms with E-state index in [-0.39, 0.29) is 14.6 Å². The maximum absolute atomic E-state index is 12.1. The van der Waals surface area contributed by atoms with Crippen molar-refractivity contribution in [3.63, 3.8) is 0 Å². The second-order valence-corrected chi connectivity index (χ2v) is 8.40. The lowest BCUT2D eigenvalue weighted by Crippen LogP contribution is -2.34. The molecular formula is C11H18Br2O. The van der Waals surface area contributed by atoms with Gasteiger partial charge >= 0.3 is 0 Å². The van der Waals surface area contributed by atoms with Gasteiger partial charge in [-0.05, 0) is 18.3 Å². The number of alkyl halides is 2. The quantitative estimate of drug-likeness (QED) is 0.519. The molecule has 1 rings (SSSR count). The Morgan fingerprint density at radius 2 is 1.79 bits per heavy atom. The molecule has 1 nitrogen and oxygen atoms in total. The van der Waals surface area contributed by atoms with Crippen molar-refractivity contribution >= 4 is 37.6 Å². The number of carbonyl (C=O) groups excluding carboxylic acids is 1. The summed E-state index contributed by atoms with van der Waals surface area (Å²) in [6.45, 7) is 6.44. The van der Waals surface area contributed by atoms with Crippen LogP contribution in [0.1, 0.15) is 46.5 Å². The van der Waals surface area contributed by atoms with E-state index in [0.717, 1.165) is 19.3 Å². The van der Waals surface area contributed by atoms with Crippen molar-refractivity contribution in [3.8, 4) is 0 Å². The fourth-order valence-corrected chi connectivity index (χ4v) is 3.00. The van der Waals surface area contributed by atoms with E-state index in [9.17, 15) is 4.79 Å². The molecule has 1 aliphatic carbocycles. The van der Waals surface area contributed by atoms with Gasteiger partial charge in [0.25, 0.3) is 0 Å². The van der Waals surface area contributed by atoms with Gasteiger partial charge in [0, 0.05) is 11.8 Å². The second kappa shape index (κ2) is 4.25. The van der Waals surface area contributed by atoms with E-state index >= 15 is 0 Å². The van der Waals surface area contributed by atoms with Crippen molar-refractivity contribution in [3.05, 3.63) is 0 Å². The Bertz CT molecular complexity index is 235. The summed E-state index contributed by atoms with van der Waals surface area (Å²) in [5.74, 6) is 0.388. The third kappa shape index (κ3) is 2.60. The van der Waals surface area contributed by atoms with Crippen molar-refractivity contribution in [1.29, 1.82) is 0 Å². The molecule has 3 heteroatoms. The van der Waals surface area contributed by atoms with E-state index in [4.69, 9.17) is 0 Å². The number of ketones is 1. The van der Waals surface area contributed by atoms with Crippen LogP contribution in [0.15, 0.2) is 0 Å². The zero-order valence-electron chi connectivity index (χ0n) is 9.07. The van der Waals surface area contributed by atoms with Gasteiger partial charge in [-0.15, -0.1) is 0 Å². The van der Waals surface area contributed by atoms with Crippen LogP contribution in [0.5, 0.6) is 0 Å². The van der Waals surface area contributed by atoms with Gasteiger partial charge in [0.2, 0.25) is 0 Å². The standard InChI is InChI=1S/C11H18Br2O/c1-10(2)5-4-6-11(3,9(12)13)8(14)7-10/h9H,4-7H2,1-3H3. The monoisotopic (exact) mass is 324 g/mol. The average Bonchev–Trinajstić information content (AvgIpc) is 2.10. The summed E-state index contributed by atoms with van der Waals surface area (Å²) in [5, 5.41) is 0. The summed E-state index contributed by atoms with van der Waals surface area (Å²) in [4.78, 5) is 12.1. The van der Waals surface area contributed by atoms with Crippen molar-refractivity contribution in [2.75, 3.05) is 0 Å². The van der Waals surface area contributed by atoms with Crippen LogP contribution < -0.4 is 0 Å². The van der Waals surface area contributed by atoms with Gasteiger partial charge < -0.3 is 0 Å². The molecular weight excluding hydrogens is 308 g/mol. The molecule has 0 spiro atoms. The molecule has 14 heavy (non-hydrogen) atoms. The van der Waals surface area contributed by atoms with Gasteiger partial charge in [-0.25, -0.2) is 0 Å². The predicted molar refractivity (Wildman–Crippen MR) is 67.0 cm³/mol. The Balaban J connectivity index is 2.87. The number of rotatable bonds is 1. The normalized spacial score (nSPS) is 33.1. The lowest BCUT2D eigenvalue weighted by molar-refractivity contribution is -0.128. The van der Waals surface area contributed by atoms with Gasteiger partial charge in [0.05, 0.1) is 3.74 Å². The molecule has 82 valence electrons. The minimum absolute atomic E-state index is 0.101. The minimum Gasteiger partial charge on any atom is -0.299 e. The number of hydrogen-bond donors (Lipinski definition) is 0. The lowest BCUT2D eigenvalue weighted by atomic mass is 9.80. The zero-order chi connectivity index (χ0) is 11.0. The maximum atomic E-state index is 12.1. The van der Waals surface area contributed by atoms with Crippen molar-refractivity contribution in [1.82, 2.24) is 0 Å². The van der Waals surface area contributed by atoms with E-state index in [1.165, 1.54) is 0 Å². The zero-order valence-corrected chi connectivity index (χ0v) is 12.2. The van der Waals surface area contributed by atoms with Gasteiger partial charge in [-0.2, -0.15) is 0 Å². The van der Waals surface area contributed by atoms with E-state index < -0.39 is 0 Å². The molecule has 1 aliphatic rings. The Morgan fingerprint density at radius 3 is 2.29 bits per heavy atom. The molecule has 1 atom stereocenters. The molecule has 1 saturated carbocycles. The fourth-order valence-electron chi connectivity index (χ4n) is 2.03. The van der Waals surface area contributed by atoms with Crippen LogP contribution in [0, 0.1) is 10.8 Å². The van der Waals surface area contributed by atoms with Gasteiger partial charge in [-0.3, -0.25) is 4.79 Å². The SMILES string of the molecule is CC1(C)CCCC(C)(C(Br)Br)C(=O)C1. The summed E-state index contributed by atoms with van der Waals surface area (Å²) >= 11 is 7.00. The third-order valence-electron chi connectivity index (χ3n) is 3.31. The molecule has 1 fully saturated rings. The minimum atomic E-state index is -0.228. The van der Waals surface area contributed by atoms with Gasteiger partial charge in [0.1, 0.15) is 5.78 Å². The van der Waals surface area contributed by atoms with Crippen LogP contribution in [-0.4, -0.2) is 9.52 Å².